The van der Waals surface area contributed by atoms with E-state index in [1.807, 2.05) is 42.5 Å². The van der Waals surface area contributed by atoms with Crippen LogP contribution in [0.4, 0.5) is 4.39 Å². The Morgan fingerprint density at radius 1 is 0.975 bits per heavy atom. The second-order valence-electron chi connectivity index (χ2n) is 10.5. The monoisotopic (exact) mass is 532 g/mol. The van der Waals surface area contributed by atoms with Gasteiger partial charge in [-0.05, 0) is 93.8 Å². The number of rotatable bonds is 6. The summed E-state index contributed by atoms with van der Waals surface area (Å²) in [7, 11) is 0. The van der Waals surface area contributed by atoms with Crippen molar-refractivity contribution in [3.63, 3.8) is 0 Å². The largest absolute Gasteiger partial charge is 0.489 e. The molecule has 0 heterocycles. The van der Waals surface area contributed by atoms with Crippen LogP contribution in [0.1, 0.15) is 70.1 Å². The van der Waals surface area contributed by atoms with Crippen molar-refractivity contribution in [2.75, 3.05) is 0 Å². The van der Waals surface area contributed by atoms with Crippen molar-refractivity contribution in [3.05, 3.63) is 142 Å². The van der Waals surface area contributed by atoms with E-state index in [1.165, 1.54) is 24.3 Å². The van der Waals surface area contributed by atoms with Crippen LogP contribution in [0.15, 0.2) is 97.1 Å². The number of carboxylic acid groups (broad SMARTS) is 1. The van der Waals surface area contributed by atoms with Crippen molar-refractivity contribution in [1.82, 2.24) is 0 Å². The molecule has 1 aliphatic rings. The first-order chi connectivity index (χ1) is 19.2. The summed E-state index contributed by atoms with van der Waals surface area (Å²) >= 11 is 0. The number of ether oxygens (including phenoxy) is 1. The maximum absolute atomic E-state index is 13.1. The van der Waals surface area contributed by atoms with Crippen molar-refractivity contribution >= 4 is 11.5 Å². The lowest BCUT2D eigenvalue weighted by molar-refractivity contribution is 0.0697. The van der Waals surface area contributed by atoms with E-state index in [4.69, 9.17) is 9.84 Å². The molecule has 4 nitrogen and oxygen atoms in total. The Morgan fingerprint density at radius 3 is 2.35 bits per heavy atom. The number of carboxylic acids is 1. The summed E-state index contributed by atoms with van der Waals surface area (Å²) in [4.78, 5) is 11.1. The molecule has 5 heteroatoms. The Hall–Kier alpha value is -4.66. The fraction of sp³-hybridized carbons (Fsp3) is 0.171. The molecular weight excluding hydrogens is 503 g/mol. The van der Waals surface area contributed by atoms with Gasteiger partial charge in [-0.2, -0.15) is 0 Å². The average molecular weight is 533 g/mol. The molecule has 5 rings (SSSR count). The number of hydrogen-bond acceptors (Lipinski definition) is 3. The molecule has 40 heavy (non-hydrogen) atoms. The van der Waals surface area contributed by atoms with E-state index in [1.54, 1.807) is 24.3 Å². The van der Waals surface area contributed by atoms with Gasteiger partial charge in [-0.15, -0.1) is 0 Å². The van der Waals surface area contributed by atoms with Crippen LogP contribution >= 0.6 is 0 Å². The molecule has 0 aliphatic heterocycles. The summed E-state index contributed by atoms with van der Waals surface area (Å²) in [6.07, 6.45) is 2.12. The van der Waals surface area contributed by atoms with Crippen molar-refractivity contribution in [2.45, 2.75) is 38.4 Å². The van der Waals surface area contributed by atoms with Gasteiger partial charge in [0.15, 0.2) is 0 Å². The highest BCUT2D eigenvalue weighted by atomic mass is 19.1. The fourth-order valence-electron chi connectivity index (χ4n) is 4.79. The summed E-state index contributed by atoms with van der Waals surface area (Å²) in [6.45, 7) is 4.75. The second-order valence-corrected chi connectivity index (χ2v) is 10.5. The maximum atomic E-state index is 13.1. The Labute approximate surface area is 233 Å². The van der Waals surface area contributed by atoms with Crippen molar-refractivity contribution in [1.29, 1.82) is 0 Å². The van der Waals surface area contributed by atoms with Crippen molar-refractivity contribution in [2.24, 2.45) is 0 Å². The Kier molecular flexibility index (Phi) is 7.55. The minimum atomic E-state index is -0.990. The van der Waals surface area contributed by atoms with Crippen LogP contribution in [-0.4, -0.2) is 16.2 Å². The Morgan fingerprint density at radius 2 is 1.68 bits per heavy atom. The average Bonchev–Trinajstić information content (AvgIpc) is 2.96. The third-order valence-electron chi connectivity index (χ3n) is 7.16. The lowest BCUT2D eigenvalue weighted by atomic mass is 9.71. The molecule has 0 saturated heterocycles. The normalized spacial score (nSPS) is 14.2. The molecule has 4 aromatic rings. The summed E-state index contributed by atoms with van der Waals surface area (Å²) in [6, 6.07) is 26.5. The quantitative estimate of drug-likeness (QED) is 0.256. The van der Waals surface area contributed by atoms with E-state index in [2.05, 4.69) is 31.8 Å². The van der Waals surface area contributed by atoms with E-state index >= 15 is 0 Å². The molecular formula is C35H29FO4. The first-order valence-electron chi connectivity index (χ1n) is 13.1. The zero-order valence-corrected chi connectivity index (χ0v) is 22.3. The summed E-state index contributed by atoms with van der Waals surface area (Å²) in [5, 5.41) is 19.9. The molecule has 0 fully saturated rings. The van der Waals surface area contributed by atoms with Crippen molar-refractivity contribution in [3.8, 4) is 17.6 Å². The zero-order valence-electron chi connectivity index (χ0n) is 22.3. The molecule has 4 aromatic carbocycles. The number of hydrogen-bond donors (Lipinski definition) is 2. The summed E-state index contributed by atoms with van der Waals surface area (Å²) in [5.41, 5.74) is 6.79. The first-order valence-corrected chi connectivity index (χ1v) is 13.1. The molecule has 0 aromatic heterocycles. The highest BCUT2D eigenvalue weighted by Crippen LogP contribution is 2.42. The number of fused-ring (bicyclic) bond motifs is 1. The summed E-state index contributed by atoms with van der Waals surface area (Å²) < 4.78 is 19.0. The van der Waals surface area contributed by atoms with Gasteiger partial charge in [0.2, 0.25) is 0 Å². The highest BCUT2D eigenvalue weighted by Gasteiger charge is 2.29. The smallest absolute Gasteiger partial charge is 0.335 e. The van der Waals surface area contributed by atoms with Gasteiger partial charge >= 0.3 is 5.97 Å². The van der Waals surface area contributed by atoms with Gasteiger partial charge in [0.05, 0.1) is 5.56 Å². The van der Waals surface area contributed by atoms with Crippen LogP contribution in [0.5, 0.6) is 5.75 Å². The van der Waals surface area contributed by atoms with Gasteiger partial charge in [0.1, 0.15) is 24.3 Å². The van der Waals surface area contributed by atoms with E-state index in [-0.39, 0.29) is 16.8 Å². The topological polar surface area (TPSA) is 66.8 Å². The minimum Gasteiger partial charge on any atom is -0.489 e. The highest BCUT2D eigenvalue weighted by molar-refractivity contribution is 5.87. The van der Waals surface area contributed by atoms with Crippen LogP contribution in [-0.2, 0) is 12.0 Å². The number of aliphatic hydroxyl groups is 1. The molecule has 1 unspecified atom stereocenters. The molecule has 0 radical (unpaired) electrons. The van der Waals surface area contributed by atoms with E-state index in [0.717, 1.165) is 40.0 Å². The number of halogens is 1. The molecule has 1 atom stereocenters. The summed E-state index contributed by atoms with van der Waals surface area (Å²) in [5.74, 6) is 5.30. The number of aliphatic hydroxyl groups excluding tert-OH is 1. The number of aromatic carboxylic acids is 1. The second kappa shape index (κ2) is 11.2. The molecule has 0 bridgehead atoms. The third-order valence-corrected chi connectivity index (χ3v) is 7.16. The van der Waals surface area contributed by atoms with Gasteiger partial charge in [0.25, 0.3) is 0 Å². The first kappa shape index (κ1) is 26.9. The van der Waals surface area contributed by atoms with Crippen molar-refractivity contribution < 1.29 is 24.1 Å². The molecule has 1 aliphatic carbocycles. The van der Waals surface area contributed by atoms with Crippen LogP contribution in [0.25, 0.3) is 5.57 Å². The predicted molar refractivity (Wildman–Crippen MR) is 154 cm³/mol. The molecule has 2 N–H and O–H groups in total. The van der Waals surface area contributed by atoms with Gasteiger partial charge in [-0.3, -0.25) is 0 Å². The molecule has 0 amide bonds. The molecule has 200 valence electrons. The van der Waals surface area contributed by atoms with Gasteiger partial charge in [0, 0.05) is 5.56 Å². The molecule has 0 spiro atoms. The van der Waals surface area contributed by atoms with E-state index in [0.29, 0.717) is 17.7 Å². The lowest BCUT2D eigenvalue weighted by Crippen LogP contribution is -2.22. The van der Waals surface area contributed by atoms with E-state index in [9.17, 15) is 14.3 Å². The SMILES string of the molecule is CC1(C)CC=C(c2ccc(OCc3ccc(F)cc3)cc2)c2ccc(C(O)C#Cc3ccc(C(=O)O)cc3)cc21. The zero-order chi connectivity index (χ0) is 28.3. The predicted octanol–water partition coefficient (Wildman–Crippen LogP) is 7.30. The lowest BCUT2D eigenvalue weighted by Gasteiger charge is -2.33. The van der Waals surface area contributed by atoms with Crippen LogP contribution in [0, 0.1) is 17.7 Å². The van der Waals surface area contributed by atoms with Crippen LogP contribution in [0.3, 0.4) is 0 Å². The Bertz CT molecular complexity index is 1620. The number of allylic oxidation sites excluding steroid dienone is 1. The number of benzene rings is 4. The fourth-order valence-corrected chi connectivity index (χ4v) is 4.79. The maximum Gasteiger partial charge on any atom is 0.335 e. The van der Waals surface area contributed by atoms with Gasteiger partial charge in [-0.25, -0.2) is 9.18 Å². The standard InChI is InChI=1S/C35H29FO4/c1-35(2)20-19-30(25-10-15-29(16-11-25)40-22-24-5-13-28(36)14-6-24)31-17-12-27(21-32(31)35)33(37)18-7-23-3-8-26(9-4-23)34(38)39/h3-6,8-17,19,21,33,37H,20,22H2,1-2H3,(H,38,39). The van der Waals surface area contributed by atoms with E-state index < -0.39 is 12.1 Å². The minimum absolute atomic E-state index is 0.118. The molecule has 0 saturated carbocycles. The van der Waals surface area contributed by atoms with Gasteiger partial charge in [-0.1, -0.05) is 74.2 Å². The Balaban J connectivity index is 1.34. The van der Waals surface area contributed by atoms with Crippen LogP contribution in [0.2, 0.25) is 0 Å². The van der Waals surface area contributed by atoms with Gasteiger partial charge < -0.3 is 14.9 Å². The third kappa shape index (κ3) is 5.98. The van der Waals surface area contributed by atoms with Crippen LogP contribution < -0.4 is 4.74 Å². The number of carbonyl (C=O) groups is 1.